The van der Waals surface area contributed by atoms with Crippen molar-refractivity contribution in [2.75, 3.05) is 43.0 Å². The first kappa shape index (κ1) is 25.7. The van der Waals surface area contributed by atoms with Crippen molar-refractivity contribution in [3.63, 3.8) is 0 Å². The number of para-hydroxylation sites is 1. The quantitative estimate of drug-likeness (QED) is 0.433. The summed E-state index contributed by atoms with van der Waals surface area (Å²) in [7, 11) is 0. The van der Waals surface area contributed by atoms with E-state index in [-0.39, 0.29) is 30.3 Å². The molecule has 1 aliphatic heterocycles. The third-order valence-corrected chi connectivity index (χ3v) is 6.75. The molecule has 2 fully saturated rings. The lowest BCUT2D eigenvalue weighted by atomic mass is 9.92. The number of nitrogens with zero attached hydrogens (tertiary/aromatic N) is 3. The first-order valence-corrected chi connectivity index (χ1v) is 12.0. The average molecular weight is 507 g/mol. The van der Waals surface area contributed by atoms with Crippen LogP contribution in [-0.2, 0) is 15.7 Å². The predicted molar refractivity (Wildman–Crippen MR) is 129 cm³/mol. The van der Waals surface area contributed by atoms with Crippen LogP contribution in [0.4, 0.5) is 30.2 Å². The Bertz CT molecular complexity index is 1050. The Kier molecular flexibility index (Phi) is 7.97. The Morgan fingerprint density at radius 1 is 1.03 bits per heavy atom. The Morgan fingerprint density at radius 3 is 2.31 bits per heavy atom. The molecule has 2 aromatic rings. The molecule has 0 unspecified atom stereocenters. The number of alkyl halides is 3. The molecule has 1 N–H and O–H groups in total. The number of carbonyl (C=O) groups is 1. The number of benzene rings is 2. The minimum atomic E-state index is -4.71. The number of anilines is 2. The largest absolute Gasteiger partial charge is 0.418 e. The van der Waals surface area contributed by atoms with Gasteiger partial charge in [-0.25, -0.2) is 0 Å². The van der Waals surface area contributed by atoms with Crippen LogP contribution in [-0.4, -0.2) is 60.7 Å². The fourth-order valence-corrected chi connectivity index (χ4v) is 4.73. The normalized spacial score (nSPS) is 20.8. The standard InChI is InChI=1S/C25H29F3N4O4/c26-25(27,28)22-16-20(32(34)35)8-11-23(22)29-18-6-9-21(10-7-18)36-17-24(33)31-14-12-30(13-15-31)19-4-2-1-3-5-19/h1-5,8,11,16,18,21,29H,6-7,9-10,12-15,17H2/t18-,21-. The minimum absolute atomic E-state index is 0.00528. The fraction of sp³-hybridized carbons (Fsp3) is 0.480. The Labute approximate surface area is 207 Å². The summed E-state index contributed by atoms with van der Waals surface area (Å²) in [6, 6.07) is 12.6. The van der Waals surface area contributed by atoms with E-state index in [0.717, 1.165) is 30.9 Å². The zero-order valence-electron chi connectivity index (χ0n) is 19.7. The van der Waals surface area contributed by atoms with Crippen LogP contribution in [0.5, 0.6) is 0 Å². The smallest absolute Gasteiger partial charge is 0.382 e. The van der Waals surface area contributed by atoms with Crippen molar-refractivity contribution in [3.05, 3.63) is 64.2 Å². The number of hydrogen-bond donors (Lipinski definition) is 1. The van der Waals surface area contributed by atoms with E-state index in [1.807, 2.05) is 18.2 Å². The van der Waals surface area contributed by atoms with Crippen LogP contribution in [0.3, 0.4) is 0 Å². The van der Waals surface area contributed by atoms with Gasteiger partial charge in [0, 0.05) is 55.7 Å². The number of nitro groups is 1. The van der Waals surface area contributed by atoms with Crippen molar-refractivity contribution in [3.8, 4) is 0 Å². The maximum Gasteiger partial charge on any atom is 0.418 e. The zero-order valence-corrected chi connectivity index (χ0v) is 19.7. The molecule has 11 heteroatoms. The zero-order chi connectivity index (χ0) is 25.7. The highest BCUT2D eigenvalue weighted by Crippen LogP contribution is 2.38. The lowest BCUT2D eigenvalue weighted by Crippen LogP contribution is -2.50. The molecule has 194 valence electrons. The van der Waals surface area contributed by atoms with Gasteiger partial charge in [-0.15, -0.1) is 0 Å². The van der Waals surface area contributed by atoms with Gasteiger partial charge in [-0.3, -0.25) is 14.9 Å². The minimum Gasteiger partial charge on any atom is -0.382 e. The van der Waals surface area contributed by atoms with Crippen molar-refractivity contribution in [2.45, 2.75) is 44.0 Å². The maximum absolute atomic E-state index is 13.4. The second kappa shape index (κ2) is 11.2. The summed E-state index contributed by atoms with van der Waals surface area (Å²) in [4.78, 5) is 26.7. The molecule has 36 heavy (non-hydrogen) atoms. The van der Waals surface area contributed by atoms with E-state index in [9.17, 15) is 28.1 Å². The molecule has 0 atom stereocenters. The molecule has 2 aromatic carbocycles. The third kappa shape index (κ3) is 6.45. The van der Waals surface area contributed by atoms with Gasteiger partial charge in [0.15, 0.2) is 0 Å². The number of halogens is 3. The number of carbonyl (C=O) groups excluding carboxylic acids is 1. The number of rotatable bonds is 7. The number of hydrogen-bond acceptors (Lipinski definition) is 6. The molecule has 1 aliphatic carbocycles. The van der Waals surface area contributed by atoms with Gasteiger partial charge in [-0.1, -0.05) is 18.2 Å². The molecular formula is C25H29F3N4O4. The molecule has 2 aliphatic rings. The second-order valence-electron chi connectivity index (χ2n) is 9.12. The van der Waals surface area contributed by atoms with E-state index in [1.165, 1.54) is 0 Å². The van der Waals surface area contributed by atoms with Crippen LogP contribution in [0.1, 0.15) is 31.2 Å². The van der Waals surface area contributed by atoms with Gasteiger partial charge in [-0.05, 0) is 43.9 Å². The lowest BCUT2D eigenvalue weighted by Gasteiger charge is -2.36. The molecule has 0 radical (unpaired) electrons. The van der Waals surface area contributed by atoms with Crippen molar-refractivity contribution < 1.29 is 27.6 Å². The van der Waals surface area contributed by atoms with Gasteiger partial charge in [0.05, 0.1) is 16.6 Å². The van der Waals surface area contributed by atoms with Crippen LogP contribution in [0.2, 0.25) is 0 Å². The van der Waals surface area contributed by atoms with Gasteiger partial charge in [-0.2, -0.15) is 13.2 Å². The predicted octanol–water partition coefficient (Wildman–Crippen LogP) is 4.70. The van der Waals surface area contributed by atoms with E-state index in [1.54, 1.807) is 4.90 Å². The Hall–Kier alpha value is -3.34. The van der Waals surface area contributed by atoms with E-state index in [4.69, 9.17) is 4.74 Å². The topological polar surface area (TPSA) is 87.9 Å². The van der Waals surface area contributed by atoms with E-state index in [0.29, 0.717) is 44.8 Å². The van der Waals surface area contributed by atoms with Crippen molar-refractivity contribution in [2.24, 2.45) is 0 Å². The van der Waals surface area contributed by atoms with Crippen LogP contribution in [0.15, 0.2) is 48.5 Å². The highest BCUT2D eigenvalue weighted by molar-refractivity contribution is 5.77. The highest BCUT2D eigenvalue weighted by atomic mass is 19.4. The molecule has 1 saturated carbocycles. The molecule has 8 nitrogen and oxygen atoms in total. The first-order valence-electron chi connectivity index (χ1n) is 12.0. The van der Waals surface area contributed by atoms with Crippen LogP contribution < -0.4 is 10.2 Å². The summed E-state index contributed by atoms with van der Waals surface area (Å²) in [5.74, 6) is -0.0522. The van der Waals surface area contributed by atoms with E-state index in [2.05, 4.69) is 22.3 Å². The molecule has 1 heterocycles. The highest BCUT2D eigenvalue weighted by Gasteiger charge is 2.36. The molecule has 1 saturated heterocycles. The van der Waals surface area contributed by atoms with Crippen LogP contribution in [0, 0.1) is 10.1 Å². The average Bonchev–Trinajstić information content (AvgIpc) is 2.88. The Balaban J connectivity index is 1.21. The number of non-ortho nitro benzene ring substituents is 1. The summed E-state index contributed by atoms with van der Waals surface area (Å²) < 4.78 is 46.1. The molecule has 1 amide bonds. The summed E-state index contributed by atoms with van der Waals surface area (Å²) in [6.07, 6.45) is -2.47. The number of nitro benzene ring substituents is 1. The SMILES string of the molecule is O=C(CO[C@H]1CC[C@H](Nc2ccc([N+](=O)[O-])cc2C(F)(F)F)CC1)N1CCN(c2ccccc2)CC1. The summed E-state index contributed by atoms with van der Waals surface area (Å²) >= 11 is 0. The number of nitrogens with one attached hydrogen (secondary N) is 1. The fourth-order valence-electron chi connectivity index (χ4n) is 4.73. The van der Waals surface area contributed by atoms with Gasteiger partial charge in [0.25, 0.3) is 5.69 Å². The molecule has 0 aromatic heterocycles. The van der Waals surface area contributed by atoms with Crippen molar-refractivity contribution in [1.29, 1.82) is 0 Å². The molecule has 4 rings (SSSR count). The van der Waals surface area contributed by atoms with Crippen LogP contribution in [0.25, 0.3) is 0 Å². The van der Waals surface area contributed by atoms with Gasteiger partial charge in [0.2, 0.25) is 5.91 Å². The van der Waals surface area contributed by atoms with Crippen molar-refractivity contribution in [1.82, 2.24) is 4.90 Å². The maximum atomic E-state index is 13.4. The number of piperazine rings is 1. The lowest BCUT2D eigenvalue weighted by molar-refractivity contribution is -0.385. The monoisotopic (exact) mass is 506 g/mol. The molecule has 0 spiro atoms. The van der Waals surface area contributed by atoms with E-state index < -0.39 is 22.4 Å². The molecular weight excluding hydrogens is 477 g/mol. The Morgan fingerprint density at radius 2 is 1.69 bits per heavy atom. The van der Waals surface area contributed by atoms with Gasteiger partial charge < -0.3 is 19.9 Å². The summed E-state index contributed by atoms with van der Waals surface area (Å²) in [5, 5.41) is 13.8. The summed E-state index contributed by atoms with van der Waals surface area (Å²) in [5.41, 5.74) is -0.672. The van der Waals surface area contributed by atoms with Crippen molar-refractivity contribution >= 4 is 23.0 Å². The number of amides is 1. The third-order valence-electron chi connectivity index (χ3n) is 6.75. The second-order valence-corrected chi connectivity index (χ2v) is 9.12. The van der Waals surface area contributed by atoms with E-state index >= 15 is 0 Å². The summed E-state index contributed by atoms with van der Waals surface area (Å²) in [6.45, 7) is 2.77. The van der Waals surface area contributed by atoms with Crippen LogP contribution >= 0.6 is 0 Å². The molecule has 0 bridgehead atoms. The first-order chi connectivity index (χ1) is 17.2. The van der Waals surface area contributed by atoms with Gasteiger partial charge >= 0.3 is 6.18 Å². The number of ether oxygens (including phenoxy) is 1. The van der Waals surface area contributed by atoms with Gasteiger partial charge in [0.1, 0.15) is 6.61 Å².